The SMILES string of the molecule is Cc1nc(-c2ccncc2)sc1CN1C(=O)CN(C(=O)c2ccc(Cl)cc2)Cc2ccccc21. The third-order valence-corrected chi connectivity index (χ3v) is 7.21. The molecule has 1 aliphatic rings. The van der Waals surface area contributed by atoms with Crippen molar-refractivity contribution in [3.05, 3.63) is 99.8 Å². The van der Waals surface area contributed by atoms with Crippen LogP contribution < -0.4 is 4.90 Å². The lowest BCUT2D eigenvalue weighted by molar-refractivity contribution is -0.119. The Morgan fingerprint density at radius 2 is 1.76 bits per heavy atom. The van der Waals surface area contributed by atoms with Gasteiger partial charge in [0.25, 0.3) is 5.91 Å². The normalized spacial score (nSPS) is 13.5. The summed E-state index contributed by atoms with van der Waals surface area (Å²) in [5, 5.41) is 1.45. The monoisotopic (exact) mass is 488 g/mol. The molecule has 0 atom stereocenters. The minimum absolute atomic E-state index is 0.00873. The fourth-order valence-electron chi connectivity index (χ4n) is 3.98. The Bertz CT molecular complexity index is 1350. The van der Waals surface area contributed by atoms with E-state index in [0.29, 0.717) is 23.7 Å². The average molecular weight is 489 g/mol. The largest absolute Gasteiger partial charge is 0.325 e. The van der Waals surface area contributed by atoms with Crippen molar-refractivity contribution in [1.29, 1.82) is 0 Å². The molecule has 3 heterocycles. The number of amides is 2. The Hall–Kier alpha value is -3.55. The van der Waals surface area contributed by atoms with Crippen LogP contribution in [-0.4, -0.2) is 33.2 Å². The molecular formula is C26H21ClN4O2S. The van der Waals surface area contributed by atoms with Gasteiger partial charge in [0.05, 0.1) is 12.2 Å². The van der Waals surface area contributed by atoms with Gasteiger partial charge in [0.15, 0.2) is 0 Å². The molecule has 0 bridgehead atoms. The molecule has 0 saturated carbocycles. The highest BCUT2D eigenvalue weighted by molar-refractivity contribution is 7.15. The van der Waals surface area contributed by atoms with Gasteiger partial charge in [0.2, 0.25) is 5.91 Å². The summed E-state index contributed by atoms with van der Waals surface area (Å²) in [5.41, 5.74) is 4.13. The van der Waals surface area contributed by atoms with Crippen molar-refractivity contribution in [2.24, 2.45) is 0 Å². The van der Waals surface area contributed by atoms with Crippen molar-refractivity contribution in [2.45, 2.75) is 20.0 Å². The second-order valence-corrected chi connectivity index (χ2v) is 9.56. The summed E-state index contributed by atoms with van der Waals surface area (Å²) in [6, 6.07) is 18.3. The summed E-state index contributed by atoms with van der Waals surface area (Å²) in [4.78, 5) is 39.8. The van der Waals surface area contributed by atoms with Gasteiger partial charge in [-0.25, -0.2) is 4.98 Å². The number of anilines is 1. The summed E-state index contributed by atoms with van der Waals surface area (Å²) in [6.07, 6.45) is 3.49. The molecule has 5 rings (SSSR count). The molecule has 2 amide bonds. The van der Waals surface area contributed by atoms with E-state index >= 15 is 0 Å². The van der Waals surface area contributed by atoms with Gasteiger partial charge >= 0.3 is 0 Å². The number of carbonyl (C=O) groups excluding carboxylic acids is 2. The average Bonchev–Trinajstić information content (AvgIpc) is 3.16. The number of aryl methyl sites for hydroxylation is 1. The quantitative estimate of drug-likeness (QED) is 0.388. The fourth-order valence-corrected chi connectivity index (χ4v) is 5.16. The maximum absolute atomic E-state index is 13.5. The predicted molar refractivity (Wildman–Crippen MR) is 134 cm³/mol. The number of benzene rings is 2. The molecule has 2 aromatic heterocycles. The molecule has 0 spiro atoms. The van der Waals surface area contributed by atoms with E-state index in [0.717, 1.165) is 32.4 Å². The number of para-hydroxylation sites is 1. The zero-order chi connectivity index (χ0) is 23.7. The molecule has 170 valence electrons. The Morgan fingerprint density at radius 1 is 1.03 bits per heavy atom. The van der Waals surface area contributed by atoms with Gasteiger partial charge in [0.1, 0.15) is 11.6 Å². The fraction of sp³-hybridized carbons (Fsp3) is 0.154. The number of hydrogen-bond donors (Lipinski definition) is 0. The van der Waals surface area contributed by atoms with Crippen molar-refractivity contribution in [3.63, 3.8) is 0 Å². The number of rotatable bonds is 4. The number of pyridine rings is 1. The third-order valence-electron chi connectivity index (χ3n) is 5.77. The topological polar surface area (TPSA) is 66.4 Å². The summed E-state index contributed by atoms with van der Waals surface area (Å²) in [7, 11) is 0. The molecular weight excluding hydrogens is 468 g/mol. The van der Waals surface area contributed by atoms with E-state index < -0.39 is 0 Å². The van der Waals surface area contributed by atoms with Gasteiger partial charge in [-0.3, -0.25) is 14.6 Å². The predicted octanol–water partition coefficient (Wildman–Crippen LogP) is 5.36. The first-order valence-electron chi connectivity index (χ1n) is 10.8. The molecule has 8 heteroatoms. The summed E-state index contributed by atoms with van der Waals surface area (Å²) < 4.78 is 0. The van der Waals surface area contributed by atoms with Gasteiger partial charge < -0.3 is 9.80 Å². The van der Waals surface area contributed by atoms with Crippen LogP contribution in [0, 0.1) is 6.92 Å². The molecule has 0 saturated heterocycles. The van der Waals surface area contributed by atoms with Crippen molar-refractivity contribution in [2.75, 3.05) is 11.4 Å². The van der Waals surface area contributed by atoms with Crippen LogP contribution in [0.1, 0.15) is 26.5 Å². The van der Waals surface area contributed by atoms with E-state index in [1.54, 1.807) is 57.8 Å². The Morgan fingerprint density at radius 3 is 2.53 bits per heavy atom. The summed E-state index contributed by atoms with van der Waals surface area (Å²) in [6.45, 7) is 2.70. The lowest BCUT2D eigenvalue weighted by Gasteiger charge is -2.22. The first kappa shape index (κ1) is 22.3. The molecule has 0 fully saturated rings. The summed E-state index contributed by atoms with van der Waals surface area (Å²) in [5.74, 6) is -0.332. The molecule has 0 unspecified atom stereocenters. The Balaban J connectivity index is 1.45. The van der Waals surface area contributed by atoms with Crippen LogP contribution in [0.5, 0.6) is 0 Å². The number of nitrogens with zero attached hydrogens (tertiary/aromatic N) is 4. The van der Waals surface area contributed by atoms with Gasteiger partial charge in [-0.2, -0.15) is 0 Å². The zero-order valence-electron chi connectivity index (χ0n) is 18.4. The first-order valence-corrected chi connectivity index (χ1v) is 12.0. The number of hydrogen-bond acceptors (Lipinski definition) is 5. The van der Waals surface area contributed by atoms with E-state index in [1.165, 1.54) is 0 Å². The number of thiazole rings is 1. The molecule has 34 heavy (non-hydrogen) atoms. The van der Waals surface area contributed by atoms with Crippen molar-refractivity contribution >= 4 is 40.4 Å². The van der Waals surface area contributed by atoms with Gasteiger partial charge in [-0.05, 0) is 55.0 Å². The van der Waals surface area contributed by atoms with Crippen LogP contribution in [0.4, 0.5) is 5.69 Å². The van der Waals surface area contributed by atoms with E-state index in [-0.39, 0.29) is 18.4 Å². The molecule has 4 aromatic rings. The highest BCUT2D eigenvalue weighted by Gasteiger charge is 2.30. The van der Waals surface area contributed by atoms with E-state index in [1.807, 2.05) is 43.3 Å². The van der Waals surface area contributed by atoms with Gasteiger partial charge in [-0.1, -0.05) is 29.8 Å². The lowest BCUT2D eigenvalue weighted by Crippen LogP contribution is -2.39. The highest BCUT2D eigenvalue weighted by Crippen LogP contribution is 2.32. The highest BCUT2D eigenvalue weighted by atomic mass is 35.5. The summed E-state index contributed by atoms with van der Waals surface area (Å²) >= 11 is 7.54. The molecule has 0 N–H and O–H groups in total. The van der Waals surface area contributed by atoms with Crippen LogP contribution in [0.25, 0.3) is 10.6 Å². The van der Waals surface area contributed by atoms with Crippen molar-refractivity contribution < 1.29 is 9.59 Å². The minimum Gasteiger partial charge on any atom is -0.325 e. The number of fused-ring (bicyclic) bond motifs is 1. The van der Waals surface area contributed by atoms with Crippen LogP contribution in [0.2, 0.25) is 5.02 Å². The molecule has 1 aliphatic heterocycles. The standard InChI is InChI=1S/C26H21ClN4O2S/c1-17-23(34-25(29-17)18-10-12-28-13-11-18)15-31-22-5-3-2-4-20(22)14-30(16-24(31)32)26(33)19-6-8-21(27)9-7-19/h2-13H,14-16H2,1H3. The number of carbonyl (C=O) groups is 2. The van der Waals surface area contributed by atoms with Crippen LogP contribution in [0.15, 0.2) is 73.1 Å². The minimum atomic E-state index is -0.199. The smallest absolute Gasteiger partial charge is 0.254 e. The number of aromatic nitrogens is 2. The van der Waals surface area contributed by atoms with Crippen LogP contribution in [-0.2, 0) is 17.9 Å². The number of halogens is 1. The molecule has 6 nitrogen and oxygen atoms in total. The van der Waals surface area contributed by atoms with Gasteiger partial charge in [-0.15, -0.1) is 11.3 Å². The van der Waals surface area contributed by atoms with Crippen LogP contribution in [0.3, 0.4) is 0 Å². The van der Waals surface area contributed by atoms with Gasteiger partial charge in [0, 0.05) is 45.7 Å². The zero-order valence-corrected chi connectivity index (χ0v) is 20.0. The third kappa shape index (κ3) is 4.44. The second-order valence-electron chi connectivity index (χ2n) is 8.04. The molecule has 0 aliphatic carbocycles. The van der Waals surface area contributed by atoms with E-state index in [4.69, 9.17) is 16.6 Å². The Kier molecular flexibility index (Phi) is 6.13. The van der Waals surface area contributed by atoms with E-state index in [9.17, 15) is 9.59 Å². The van der Waals surface area contributed by atoms with Crippen LogP contribution >= 0.6 is 22.9 Å². The van der Waals surface area contributed by atoms with Crippen molar-refractivity contribution in [1.82, 2.24) is 14.9 Å². The second kappa shape index (κ2) is 9.37. The van der Waals surface area contributed by atoms with Crippen molar-refractivity contribution in [3.8, 4) is 10.6 Å². The maximum atomic E-state index is 13.5. The molecule has 0 radical (unpaired) electrons. The van der Waals surface area contributed by atoms with E-state index in [2.05, 4.69) is 4.98 Å². The first-order chi connectivity index (χ1) is 16.5. The maximum Gasteiger partial charge on any atom is 0.254 e. The lowest BCUT2D eigenvalue weighted by atomic mass is 10.1. The Labute approximate surface area is 206 Å². The molecule has 2 aromatic carbocycles.